The van der Waals surface area contributed by atoms with Crippen molar-refractivity contribution >= 4 is 22.4 Å². The molecule has 1 N–H and O–H groups in total. The van der Waals surface area contributed by atoms with Crippen LogP contribution in [0.4, 0.5) is 4.39 Å². The lowest BCUT2D eigenvalue weighted by atomic mass is 9.99. The first kappa shape index (κ1) is 17.0. The second-order valence-electron chi connectivity index (χ2n) is 7.34. The summed E-state index contributed by atoms with van der Waals surface area (Å²) in [7, 11) is 0. The Morgan fingerprint density at radius 2 is 2.13 bits per heavy atom. The molecule has 5 aromatic rings. The first-order chi connectivity index (χ1) is 14.7. The molecule has 0 saturated heterocycles. The van der Waals surface area contributed by atoms with E-state index >= 15 is 0 Å². The smallest absolute Gasteiger partial charge is 0.258 e. The van der Waals surface area contributed by atoms with Crippen molar-refractivity contribution in [3.8, 4) is 0 Å². The SMILES string of the molecule is O=C(c1cnn2cc(F)ccc12)N1CCc2[nH]cnc2[C@@H]1c1cc2ccccc2o1. The average Bonchev–Trinajstić information content (AvgIpc) is 3.49. The van der Waals surface area contributed by atoms with Crippen LogP contribution >= 0.6 is 0 Å². The van der Waals surface area contributed by atoms with Crippen LogP contribution in [0.2, 0.25) is 0 Å². The van der Waals surface area contributed by atoms with Gasteiger partial charge in [-0.3, -0.25) is 4.79 Å². The van der Waals surface area contributed by atoms with Crippen molar-refractivity contribution in [1.82, 2.24) is 24.5 Å². The third-order valence-corrected chi connectivity index (χ3v) is 5.61. The number of pyridine rings is 1. The fourth-order valence-corrected chi connectivity index (χ4v) is 4.20. The van der Waals surface area contributed by atoms with E-state index in [2.05, 4.69) is 15.1 Å². The van der Waals surface area contributed by atoms with E-state index < -0.39 is 11.9 Å². The summed E-state index contributed by atoms with van der Waals surface area (Å²) >= 11 is 0. The van der Waals surface area contributed by atoms with E-state index in [1.54, 1.807) is 17.3 Å². The van der Waals surface area contributed by atoms with Crippen molar-refractivity contribution in [3.05, 3.63) is 89.7 Å². The number of aromatic nitrogens is 4. The van der Waals surface area contributed by atoms with Crippen LogP contribution in [0.25, 0.3) is 16.5 Å². The molecule has 1 aromatic carbocycles. The summed E-state index contributed by atoms with van der Waals surface area (Å²) in [5.74, 6) is 0.0414. The highest BCUT2D eigenvalue weighted by molar-refractivity contribution is 6.01. The molecule has 0 spiro atoms. The standard InChI is InChI=1S/C22H16FN5O2/c23-14-5-6-17-15(10-26-28(17)11-14)22(29)27-8-7-16-20(25-12-24-16)21(27)19-9-13-3-1-2-4-18(13)30-19/h1-6,9-12,21H,7-8H2,(H,24,25)/t21-/m0/s1. The molecule has 0 unspecified atom stereocenters. The molecule has 4 aromatic heterocycles. The van der Waals surface area contributed by atoms with Crippen LogP contribution in [0.3, 0.4) is 0 Å². The molecular formula is C22H16FN5O2. The number of furan rings is 1. The van der Waals surface area contributed by atoms with Gasteiger partial charge in [0.15, 0.2) is 0 Å². The molecule has 6 rings (SSSR count). The fraction of sp³-hybridized carbons (Fsp3) is 0.136. The maximum Gasteiger partial charge on any atom is 0.258 e. The van der Waals surface area contributed by atoms with Crippen molar-refractivity contribution in [1.29, 1.82) is 0 Å². The Labute approximate surface area is 169 Å². The summed E-state index contributed by atoms with van der Waals surface area (Å²) in [6, 6.07) is 12.1. The number of H-pyrrole nitrogens is 1. The Bertz CT molecular complexity index is 1380. The summed E-state index contributed by atoms with van der Waals surface area (Å²) in [5, 5.41) is 5.11. The molecular weight excluding hydrogens is 385 g/mol. The Morgan fingerprint density at radius 1 is 1.23 bits per heavy atom. The van der Waals surface area contributed by atoms with Gasteiger partial charge in [0.25, 0.3) is 5.91 Å². The molecule has 1 atom stereocenters. The normalized spacial score (nSPS) is 16.3. The lowest BCUT2D eigenvalue weighted by molar-refractivity contribution is 0.0674. The van der Waals surface area contributed by atoms with E-state index in [-0.39, 0.29) is 5.91 Å². The number of para-hydroxylation sites is 1. The van der Waals surface area contributed by atoms with E-state index in [9.17, 15) is 9.18 Å². The molecule has 0 fully saturated rings. The molecule has 1 aliphatic heterocycles. The van der Waals surface area contributed by atoms with Crippen molar-refractivity contribution < 1.29 is 13.6 Å². The molecule has 148 valence electrons. The molecule has 30 heavy (non-hydrogen) atoms. The second-order valence-corrected chi connectivity index (χ2v) is 7.34. The van der Waals surface area contributed by atoms with Gasteiger partial charge in [-0.1, -0.05) is 18.2 Å². The molecule has 5 heterocycles. The van der Waals surface area contributed by atoms with Gasteiger partial charge in [-0.2, -0.15) is 5.10 Å². The number of nitrogens with one attached hydrogen (secondary N) is 1. The van der Waals surface area contributed by atoms with Crippen LogP contribution in [0.5, 0.6) is 0 Å². The minimum atomic E-state index is -0.463. The number of nitrogens with zero attached hydrogens (tertiary/aromatic N) is 4. The van der Waals surface area contributed by atoms with Crippen LogP contribution < -0.4 is 0 Å². The van der Waals surface area contributed by atoms with Crippen molar-refractivity contribution in [3.63, 3.8) is 0 Å². The van der Waals surface area contributed by atoms with Gasteiger partial charge in [-0.15, -0.1) is 0 Å². The van der Waals surface area contributed by atoms with E-state index in [1.807, 2.05) is 30.3 Å². The third kappa shape index (κ3) is 2.46. The van der Waals surface area contributed by atoms with Gasteiger partial charge in [-0.05, 0) is 24.3 Å². The van der Waals surface area contributed by atoms with Gasteiger partial charge in [0.05, 0.1) is 35.5 Å². The van der Waals surface area contributed by atoms with Gasteiger partial charge in [0, 0.05) is 24.0 Å². The van der Waals surface area contributed by atoms with Gasteiger partial charge in [-0.25, -0.2) is 13.9 Å². The number of aromatic amines is 1. The minimum Gasteiger partial charge on any atom is -0.458 e. The highest BCUT2D eigenvalue weighted by atomic mass is 19.1. The monoisotopic (exact) mass is 401 g/mol. The summed E-state index contributed by atoms with van der Waals surface area (Å²) in [6.07, 6.45) is 5.04. The molecule has 0 bridgehead atoms. The summed E-state index contributed by atoms with van der Waals surface area (Å²) < 4.78 is 21.0. The molecule has 0 saturated carbocycles. The number of fused-ring (bicyclic) bond motifs is 3. The number of amides is 1. The topological polar surface area (TPSA) is 79.4 Å². The quantitative estimate of drug-likeness (QED) is 0.489. The predicted octanol–water partition coefficient (Wildman–Crippen LogP) is 3.73. The van der Waals surface area contributed by atoms with Crippen LogP contribution in [0.15, 0.2) is 65.6 Å². The number of hydrogen-bond donors (Lipinski definition) is 1. The van der Waals surface area contributed by atoms with Crippen LogP contribution in [0, 0.1) is 5.82 Å². The zero-order valence-electron chi connectivity index (χ0n) is 15.7. The Morgan fingerprint density at radius 3 is 3.03 bits per heavy atom. The van der Waals surface area contributed by atoms with Gasteiger partial charge >= 0.3 is 0 Å². The Kier molecular flexibility index (Phi) is 3.55. The predicted molar refractivity (Wildman–Crippen MR) is 107 cm³/mol. The van der Waals surface area contributed by atoms with E-state index in [0.29, 0.717) is 29.8 Å². The Balaban J connectivity index is 1.48. The van der Waals surface area contributed by atoms with Crippen LogP contribution in [0.1, 0.15) is 33.5 Å². The van der Waals surface area contributed by atoms with Gasteiger partial charge in [0.1, 0.15) is 23.2 Å². The van der Waals surface area contributed by atoms with E-state index in [1.165, 1.54) is 23.0 Å². The van der Waals surface area contributed by atoms with E-state index in [4.69, 9.17) is 4.42 Å². The average molecular weight is 401 g/mol. The van der Waals surface area contributed by atoms with Crippen molar-refractivity contribution in [2.45, 2.75) is 12.5 Å². The van der Waals surface area contributed by atoms with Crippen LogP contribution in [-0.4, -0.2) is 36.9 Å². The summed E-state index contributed by atoms with van der Waals surface area (Å²) in [6.45, 7) is 0.494. The number of carbonyl (C=O) groups is 1. The van der Waals surface area contributed by atoms with Crippen LogP contribution in [-0.2, 0) is 6.42 Å². The lowest BCUT2D eigenvalue weighted by Gasteiger charge is -2.33. The lowest BCUT2D eigenvalue weighted by Crippen LogP contribution is -2.40. The number of imidazole rings is 1. The number of halogens is 1. The molecule has 0 aliphatic carbocycles. The number of rotatable bonds is 2. The van der Waals surface area contributed by atoms with E-state index in [0.717, 1.165) is 22.4 Å². The van der Waals surface area contributed by atoms with Crippen molar-refractivity contribution in [2.75, 3.05) is 6.54 Å². The highest BCUT2D eigenvalue weighted by Crippen LogP contribution is 2.37. The zero-order chi connectivity index (χ0) is 20.2. The largest absolute Gasteiger partial charge is 0.458 e. The summed E-state index contributed by atoms with van der Waals surface area (Å²) in [4.78, 5) is 23.0. The van der Waals surface area contributed by atoms with Crippen molar-refractivity contribution in [2.24, 2.45) is 0 Å². The molecule has 7 nitrogen and oxygen atoms in total. The highest BCUT2D eigenvalue weighted by Gasteiger charge is 2.37. The third-order valence-electron chi connectivity index (χ3n) is 5.61. The first-order valence-corrected chi connectivity index (χ1v) is 9.63. The number of hydrogen-bond acceptors (Lipinski definition) is 4. The number of carbonyl (C=O) groups excluding carboxylic acids is 1. The maximum atomic E-state index is 13.6. The molecule has 8 heteroatoms. The summed E-state index contributed by atoms with van der Waals surface area (Å²) in [5.41, 5.74) is 3.49. The van der Waals surface area contributed by atoms with Gasteiger partial charge in [0.2, 0.25) is 0 Å². The zero-order valence-corrected chi connectivity index (χ0v) is 15.7. The second kappa shape index (κ2) is 6.28. The molecule has 1 aliphatic rings. The minimum absolute atomic E-state index is 0.198. The Hall–Kier alpha value is -3.94. The molecule has 0 radical (unpaired) electrons. The number of benzene rings is 1. The molecule has 1 amide bonds. The first-order valence-electron chi connectivity index (χ1n) is 9.63. The maximum absolute atomic E-state index is 13.6. The van der Waals surface area contributed by atoms with Gasteiger partial charge < -0.3 is 14.3 Å². The fourth-order valence-electron chi connectivity index (χ4n) is 4.20.